The lowest BCUT2D eigenvalue weighted by Gasteiger charge is -2.23. The zero-order valence-corrected chi connectivity index (χ0v) is 14.4. The quantitative estimate of drug-likeness (QED) is 0.175. The molecule has 0 fully saturated rings. The van der Waals surface area contributed by atoms with Gasteiger partial charge in [0.15, 0.2) is 0 Å². The molecule has 0 aliphatic rings. The molecule has 14 nitrogen and oxygen atoms in total. The number of hydrogen-bond donors (Lipinski definition) is 6. The number of carbonyl (C=O) groups is 6. The third-order valence-electron chi connectivity index (χ3n) is 2.54. The number of aliphatic carboxylic acids is 6. The summed E-state index contributed by atoms with van der Waals surface area (Å²) in [7, 11) is 0. The van der Waals surface area contributed by atoms with Crippen molar-refractivity contribution in [1.29, 1.82) is 0 Å². The zero-order chi connectivity index (χ0) is 22.3. The minimum atomic E-state index is -1.26. The van der Waals surface area contributed by atoms with E-state index in [-0.39, 0.29) is 13.1 Å². The van der Waals surface area contributed by atoms with Gasteiger partial charge in [-0.3, -0.25) is 29.0 Å². The van der Waals surface area contributed by atoms with Gasteiger partial charge in [-0.1, -0.05) is 0 Å². The van der Waals surface area contributed by atoms with E-state index in [1.54, 1.807) is 0 Å². The predicted molar refractivity (Wildman–Crippen MR) is 87.8 cm³/mol. The van der Waals surface area contributed by atoms with Crippen molar-refractivity contribution in [1.82, 2.24) is 9.80 Å². The van der Waals surface area contributed by atoms with Crippen molar-refractivity contribution >= 4 is 35.8 Å². The molecular formula is C14H20N2O12. The van der Waals surface area contributed by atoms with Crippen molar-refractivity contribution in [2.24, 2.45) is 0 Å². The molecule has 0 bridgehead atoms. The van der Waals surface area contributed by atoms with Crippen molar-refractivity contribution in [2.75, 3.05) is 39.3 Å². The lowest BCUT2D eigenvalue weighted by Crippen LogP contribution is -2.43. The second-order valence-electron chi connectivity index (χ2n) is 5.01. The molecule has 0 amide bonds. The first-order valence-electron chi connectivity index (χ1n) is 7.29. The van der Waals surface area contributed by atoms with Gasteiger partial charge in [0, 0.05) is 25.2 Å². The summed E-state index contributed by atoms with van der Waals surface area (Å²) in [6, 6.07) is 0. The fourth-order valence-corrected chi connectivity index (χ4v) is 1.62. The highest BCUT2D eigenvalue weighted by atomic mass is 16.4. The number of carboxylic acid groups (broad SMARTS) is 6. The maximum Gasteiger partial charge on any atom is 0.328 e. The van der Waals surface area contributed by atoms with Crippen molar-refractivity contribution in [3.63, 3.8) is 0 Å². The second kappa shape index (κ2) is 14.6. The lowest BCUT2D eigenvalue weighted by atomic mass is 10.4. The molecule has 0 aromatic heterocycles. The molecule has 0 radical (unpaired) electrons. The van der Waals surface area contributed by atoms with E-state index in [2.05, 4.69) is 0 Å². The van der Waals surface area contributed by atoms with Crippen LogP contribution in [0.3, 0.4) is 0 Å². The Morgan fingerprint density at radius 2 is 0.714 bits per heavy atom. The summed E-state index contributed by atoms with van der Waals surface area (Å²) < 4.78 is 0. The summed E-state index contributed by atoms with van der Waals surface area (Å²) in [6.07, 6.45) is 1.12. The highest BCUT2D eigenvalue weighted by Gasteiger charge is 2.17. The van der Waals surface area contributed by atoms with E-state index >= 15 is 0 Å². The zero-order valence-electron chi connectivity index (χ0n) is 14.4. The summed E-state index contributed by atoms with van der Waals surface area (Å²) in [5, 5.41) is 50.1. The molecule has 0 aliphatic carbocycles. The molecule has 6 N–H and O–H groups in total. The molecule has 0 aliphatic heterocycles. The first kappa shape index (κ1) is 26.7. The van der Waals surface area contributed by atoms with E-state index in [1.807, 2.05) is 0 Å². The Balaban J connectivity index is 0. The maximum atomic E-state index is 10.6. The van der Waals surface area contributed by atoms with E-state index in [0.29, 0.717) is 12.2 Å². The Hall–Kier alpha value is -3.52. The average Bonchev–Trinajstić information content (AvgIpc) is 2.48. The topological polar surface area (TPSA) is 230 Å². The molecule has 0 aromatic carbocycles. The summed E-state index contributed by atoms with van der Waals surface area (Å²) in [5.74, 6) is -7.42. The molecule has 0 rings (SSSR count). The van der Waals surface area contributed by atoms with E-state index in [9.17, 15) is 28.8 Å². The van der Waals surface area contributed by atoms with Crippen LogP contribution in [0.5, 0.6) is 0 Å². The standard InChI is InChI=1S/C10H16N2O8.C4H4O4/c13-7(14)3-11(4-8(15)16)1-2-12(5-9(17)18)6-10(19)20;5-3(6)1-2-4(7)8/h1-6H2,(H,13,14)(H,15,16)(H,17,18)(H,19,20);1-2H,(H,5,6)(H,7,8)/b;2-1-. The van der Waals surface area contributed by atoms with Crippen LogP contribution in [0.1, 0.15) is 0 Å². The Labute approximate surface area is 157 Å². The molecule has 28 heavy (non-hydrogen) atoms. The Morgan fingerprint density at radius 3 is 0.857 bits per heavy atom. The summed E-state index contributed by atoms with van der Waals surface area (Å²) >= 11 is 0. The first-order chi connectivity index (χ1) is 12.8. The SMILES string of the molecule is O=C(O)/C=C\C(=O)O.O=C(O)CN(CCN(CC(=O)O)CC(=O)O)CC(=O)O. The summed E-state index contributed by atoms with van der Waals surface area (Å²) in [5.41, 5.74) is 0. The van der Waals surface area contributed by atoms with Crippen LogP contribution in [-0.2, 0) is 28.8 Å². The second-order valence-corrected chi connectivity index (χ2v) is 5.01. The van der Waals surface area contributed by atoms with E-state index in [1.165, 1.54) is 0 Å². The van der Waals surface area contributed by atoms with Crippen LogP contribution in [-0.4, -0.2) is 116 Å². The maximum absolute atomic E-state index is 10.6. The van der Waals surface area contributed by atoms with E-state index < -0.39 is 62.0 Å². The van der Waals surface area contributed by atoms with Crippen LogP contribution < -0.4 is 0 Å². The van der Waals surface area contributed by atoms with Crippen molar-refractivity contribution in [2.45, 2.75) is 0 Å². The van der Waals surface area contributed by atoms with Gasteiger partial charge in [-0.15, -0.1) is 0 Å². The summed E-state index contributed by atoms with van der Waals surface area (Å²) in [4.78, 5) is 63.5. The molecule has 0 unspecified atom stereocenters. The Morgan fingerprint density at radius 1 is 0.500 bits per heavy atom. The Bertz CT molecular complexity index is 531. The minimum absolute atomic E-state index is 0.0703. The third kappa shape index (κ3) is 20.5. The van der Waals surface area contributed by atoms with Crippen LogP contribution >= 0.6 is 0 Å². The van der Waals surface area contributed by atoms with Gasteiger partial charge in [-0.2, -0.15) is 0 Å². The van der Waals surface area contributed by atoms with Crippen LogP contribution in [0.4, 0.5) is 0 Å². The van der Waals surface area contributed by atoms with Gasteiger partial charge in [-0.05, 0) is 0 Å². The lowest BCUT2D eigenvalue weighted by molar-refractivity contribution is -0.145. The third-order valence-corrected chi connectivity index (χ3v) is 2.54. The van der Waals surface area contributed by atoms with Crippen LogP contribution in [0.15, 0.2) is 12.2 Å². The highest BCUT2D eigenvalue weighted by molar-refractivity contribution is 5.89. The molecule has 0 aromatic rings. The fourth-order valence-electron chi connectivity index (χ4n) is 1.62. The molecule has 14 heteroatoms. The number of carboxylic acids is 6. The number of nitrogens with zero attached hydrogens (tertiary/aromatic N) is 2. The summed E-state index contributed by atoms with van der Waals surface area (Å²) in [6.45, 7) is -2.25. The van der Waals surface area contributed by atoms with Gasteiger partial charge >= 0.3 is 35.8 Å². The Kier molecular flexibility index (Phi) is 14.0. The number of rotatable bonds is 13. The molecular weight excluding hydrogens is 388 g/mol. The highest BCUT2D eigenvalue weighted by Crippen LogP contribution is 1.94. The molecule has 0 heterocycles. The molecule has 158 valence electrons. The van der Waals surface area contributed by atoms with E-state index in [0.717, 1.165) is 9.80 Å². The van der Waals surface area contributed by atoms with Gasteiger partial charge in [0.05, 0.1) is 26.2 Å². The van der Waals surface area contributed by atoms with Gasteiger partial charge in [0.1, 0.15) is 0 Å². The monoisotopic (exact) mass is 408 g/mol. The largest absolute Gasteiger partial charge is 0.480 e. The normalized spacial score (nSPS) is 10.4. The van der Waals surface area contributed by atoms with E-state index in [4.69, 9.17) is 30.6 Å². The molecule has 0 saturated carbocycles. The fraction of sp³-hybridized carbons (Fsp3) is 0.429. The molecule has 0 spiro atoms. The molecule has 0 saturated heterocycles. The van der Waals surface area contributed by atoms with Crippen LogP contribution in [0, 0.1) is 0 Å². The van der Waals surface area contributed by atoms with Gasteiger partial charge in [0.2, 0.25) is 0 Å². The van der Waals surface area contributed by atoms with Gasteiger partial charge in [0.25, 0.3) is 0 Å². The van der Waals surface area contributed by atoms with Crippen molar-refractivity contribution < 1.29 is 59.4 Å². The van der Waals surface area contributed by atoms with Crippen molar-refractivity contribution in [3.05, 3.63) is 12.2 Å². The van der Waals surface area contributed by atoms with Crippen LogP contribution in [0.2, 0.25) is 0 Å². The van der Waals surface area contributed by atoms with Crippen LogP contribution in [0.25, 0.3) is 0 Å². The van der Waals surface area contributed by atoms with Crippen molar-refractivity contribution in [3.8, 4) is 0 Å². The van der Waals surface area contributed by atoms with Gasteiger partial charge in [-0.25, -0.2) is 9.59 Å². The van der Waals surface area contributed by atoms with Gasteiger partial charge < -0.3 is 30.6 Å². The average molecular weight is 408 g/mol. The minimum Gasteiger partial charge on any atom is -0.480 e. The predicted octanol–water partition coefficient (Wildman–Crippen LogP) is -2.36. The smallest absolute Gasteiger partial charge is 0.328 e. The molecule has 0 atom stereocenters. The number of hydrogen-bond acceptors (Lipinski definition) is 8. The first-order valence-corrected chi connectivity index (χ1v) is 7.29.